The van der Waals surface area contributed by atoms with Gasteiger partial charge in [0.15, 0.2) is 5.76 Å². The van der Waals surface area contributed by atoms with Gasteiger partial charge in [-0.25, -0.2) is 0 Å². The molecule has 4 rings (SSSR count). The Kier molecular flexibility index (Phi) is 6.92. The molecule has 172 valence electrons. The number of piperidine rings is 1. The number of furan rings is 1. The molecule has 33 heavy (non-hydrogen) atoms. The van der Waals surface area contributed by atoms with E-state index < -0.39 is 11.8 Å². The van der Waals surface area contributed by atoms with Crippen molar-refractivity contribution in [1.29, 1.82) is 0 Å². The van der Waals surface area contributed by atoms with Crippen molar-refractivity contribution in [1.82, 2.24) is 15.5 Å². The predicted octanol–water partition coefficient (Wildman–Crippen LogP) is 2.73. The molecular formula is C25H27N3O5. The second kappa shape index (κ2) is 10.2. The number of likely N-dealkylation sites (tertiary alicyclic amines) is 1. The van der Waals surface area contributed by atoms with E-state index in [9.17, 15) is 14.4 Å². The zero-order valence-electron chi connectivity index (χ0n) is 18.5. The fourth-order valence-electron chi connectivity index (χ4n) is 4.01. The number of ether oxygens (including phenoxy) is 1. The average molecular weight is 450 g/mol. The summed E-state index contributed by atoms with van der Waals surface area (Å²) in [6.07, 6.45) is 1.49. The van der Waals surface area contributed by atoms with E-state index in [2.05, 4.69) is 10.6 Å². The van der Waals surface area contributed by atoms with Crippen LogP contribution in [0, 0.1) is 5.92 Å². The number of rotatable bonds is 6. The van der Waals surface area contributed by atoms with Crippen LogP contribution in [0.5, 0.6) is 5.75 Å². The number of hydrogen-bond acceptors (Lipinski definition) is 5. The minimum atomic E-state index is -0.682. The molecule has 0 atom stereocenters. The van der Waals surface area contributed by atoms with Gasteiger partial charge < -0.3 is 24.7 Å². The summed E-state index contributed by atoms with van der Waals surface area (Å²) in [7, 11) is 1.56. The lowest BCUT2D eigenvalue weighted by molar-refractivity contribution is -0.139. The molecule has 0 saturated carbocycles. The highest BCUT2D eigenvalue weighted by Gasteiger charge is 2.26. The van der Waals surface area contributed by atoms with E-state index in [-0.39, 0.29) is 18.4 Å². The molecule has 1 aliphatic heterocycles. The third-order valence-electron chi connectivity index (χ3n) is 5.93. The van der Waals surface area contributed by atoms with Crippen LogP contribution >= 0.6 is 0 Å². The Morgan fingerprint density at radius 2 is 1.70 bits per heavy atom. The summed E-state index contributed by atoms with van der Waals surface area (Å²) >= 11 is 0. The Morgan fingerprint density at radius 3 is 2.45 bits per heavy atom. The van der Waals surface area contributed by atoms with Gasteiger partial charge in [-0.05, 0) is 37.0 Å². The molecule has 1 fully saturated rings. The van der Waals surface area contributed by atoms with Gasteiger partial charge in [0.25, 0.3) is 5.91 Å². The molecule has 2 N–H and O–H groups in total. The summed E-state index contributed by atoms with van der Waals surface area (Å²) < 4.78 is 10.9. The first-order valence-electron chi connectivity index (χ1n) is 11.0. The lowest BCUT2D eigenvalue weighted by Gasteiger charge is -2.31. The van der Waals surface area contributed by atoms with Gasteiger partial charge in [-0.3, -0.25) is 14.4 Å². The molecule has 3 aromatic rings. The molecule has 0 bridgehead atoms. The molecule has 8 heteroatoms. The Labute approximate surface area is 191 Å². The van der Waals surface area contributed by atoms with Gasteiger partial charge in [0, 0.05) is 37.1 Å². The minimum absolute atomic E-state index is 0.121. The number of methoxy groups -OCH3 is 1. The van der Waals surface area contributed by atoms with Gasteiger partial charge in [0.05, 0.1) is 7.11 Å². The maximum Gasteiger partial charge on any atom is 0.309 e. The number of amides is 3. The highest BCUT2D eigenvalue weighted by atomic mass is 16.5. The molecule has 8 nitrogen and oxygen atoms in total. The quantitative estimate of drug-likeness (QED) is 0.564. The summed E-state index contributed by atoms with van der Waals surface area (Å²) in [6.45, 7) is 1.76. The third-order valence-corrected chi connectivity index (χ3v) is 5.93. The van der Waals surface area contributed by atoms with Crippen molar-refractivity contribution in [2.75, 3.05) is 26.7 Å². The largest absolute Gasteiger partial charge is 0.496 e. The highest BCUT2D eigenvalue weighted by Crippen LogP contribution is 2.23. The van der Waals surface area contributed by atoms with Crippen LogP contribution in [0.1, 0.15) is 29.0 Å². The lowest BCUT2D eigenvalue weighted by atomic mass is 9.96. The SMILES string of the molecule is COc1ccccc1CNC(=O)C(=O)NCC1CCN(C(=O)c2cc3ccccc3o2)CC1. The number of carbonyl (C=O) groups is 3. The molecule has 1 aromatic heterocycles. The molecule has 3 amide bonds. The van der Waals surface area contributed by atoms with Crippen LogP contribution in [-0.2, 0) is 16.1 Å². The van der Waals surface area contributed by atoms with Gasteiger partial charge >= 0.3 is 11.8 Å². The smallest absolute Gasteiger partial charge is 0.309 e. The number of nitrogens with zero attached hydrogens (tertiary/aromatic N) is 1. The molecule has 0 unspecified atom stereocenters. The number of para-hydroxylation sites is 2. The van der Waals surface area contributed by atoms with E-state index in [1.54, 1.807) is 24.1 Å². The Hall–Kier alpha value is -3.81. The Bertz CT molecular complexity index is 1110. The molecule has 2 aromatic carbocycles. The normalized spacial score (nSPS) is 14.2. The lowest BCUT2D eigenvalue weighted by Crippen LogP contribution is -2.44. The van der Waals surface area contributed by atoms with Crippen molar-refractivity contribution < 1.29 is 23.5 Å². The maximum atomic E-state index is 12.8. The fourth-order valence-corrected chi connectivity index (χ4v) is 4.01. The van der Waals surface area contributed by atoms with Crippen LogP contribution in [0.15, 0.2) is 59.0 Å². The first-order valence-corrected chi connectivity index (χ1v) is 11.0. The van der Waals surface area contributed by atoms with E-state index in [0.29, 0.717) is 36.7 Å². The van der Waals surface area contributed by atoms with E-state index >= 15 is 0 Å². The molecule has 2 heterocycles. The van der Waals surface area contributed by atoms with Crippen LogP contribution < -0.4 is 15.4 Å². The van der Waals surface area contributed by atoms with Crippen LogP contribution in [0.25, 0.3) is 11.0 Å². The number of fused-ring (bicyclic) bond motifs is 1. The monoisotopic (exact) mass is 449 g/mol. The summed E-state index contributed by atoms with van der Waals surface area (Å²) in [5, 5.41) is 6.23. The number of hydrogen-bond donors (Lipinski definition) is 2. The molecule has 0 aliphatic carbocycles. The molecular weight excluding hydrogens is 422 g/mol. The average Bonchev–Trinajstić information content (AvgIpc) is 3.30. The second-order valence-corrected chi connectivity index (χ2v) is 8.09. The van der Waals surface area contributed by atoms with E-state index in [1.807, 2.05) is 42.5 Å². The van der Waals surface area contributed by atoms with Crippen LogP contribution in [0.2, 0.25) is 0 Å². The van der Waals surface area contributed by atoms with Gasteiger partial charge in [-0.2, -0.15) is 0 Å². The maximum absolute atomic E-state index is 12.8. The van der Waals surface area contributed by atoms with E-state index in [4.69, 9.17) is 9.15 Å². The molecule has 1 saturated heterocycles. The Balaban J connectivity index is 1.20. The summed E-state index contributed by atoms with van der Waals surface area (Å²) in [4.78, 5) is 38.8. The molecule has 0 radical (unpaired) electrons. The highest BCUT2D eigenvalue weighted by molar-refractivity contribution is 6.35. The summed E-state index contributed by atoms with van der Waals surface area (Å²) in [5.41, 5.74) is 1.49. The first-order chi connectivity index (χ1) is 16.0. The fraction of sp³-hybridized carbons (Fsp3) is 0.320. The second-order valence-electron chi connectivity index (χ2n) is 8.09. The van der Waals surface area contributed by atoms with Gasteiger partial charge in [-0.15, -0.1) is 0 Å². The molecule has 0 spiro atoms. The predicted molar refractivity (Wildman–Crippen MR) is 123 cm³/mol. The zero-order chi connectivity index (χ0) is 23.2. The van der Waals surface area contributed by atoms with Crippen molar-refractivity contribution in [2.24, 2.45) is 5.92 Å². The topological polar surface area (TPSA) is 101 Å². The first kappa shape index (κ1) is 22.4. The standard InChI is InChI=1S/C25H27N3O5/c1-32-20-8-4-3-7-19(20)16-27-24(30)23(29)26-15-17-10-12-28(13-11-17)25(31)22-14-18-6-2-5-9-21(18)33-22/h2-9,14,17H,10-13,15-16H2,1H3,(H,26,29)(H,27,30). The van der Waals surface area contributed by atoms with E-state index in [0.717, 1.165) is 23.8 Å². The van der Waals surface area contributed by atoms with E-state index in [1.165, 1.54) is 0 Å². The minimum Gasteiger partial charge on any atom is -0.496 e. The van der Waals surface area contributed by atoms with Crippen LogP contribution in [-0.4, -0.2) is 49.4 Å². The number of benzene rings is 2. The third kappa shape index (κ3) is 5.34. The number of carbonyl (C=O) groups excluding carboxylic acids is 3. The van der Waals surface area contributed by atoms with Crippen molar-refractivity contribution in [2.45, 2.75) is 19.4 Å². The van der Waals surface area contributed by atoms with Gasteiger partial charge in [0.2, 0.25) is 0 Å². The van der Waals surface area contributed by atoms with Crippen molar-refractivity contribution in [3.63, 3.8) is 0 Å². The van der Waals surface area contributed by atoms with Crippen molar-refractivity contribution in [3.8, 4) is 5.75 Å². The summed E-state index contributed by atoms with van der Waals surface area (Å²) in [5.74, 6) is -0.263. The van der Waals surface area contributed by atoms with Crippen LogP contribution in [0.4, 0.5) is 0 Å². The number of nitrogens with one attached hydrogen (secondary N) is 2. The van der Waals surface area contributed by atoms with Gasteiger partial charge in [-0.1, -0.05) is 36.4 Å². The summed E-state index contributed by atoms with van der Waals surface area (Å²) in [6, 6.07) is 16.6. The van der Waals surface area contributed by atoms with Gasteiger partial charge in [0.1, 0.15) is 11.3 Å². The van der Waals surface area contributed by atoms with Crippen molar-refractivity contribution >= 4 is 28.7 Å². The van der Waals surface area contributed by atoms with Crippen LogP contribution in [0.3, 0.4) is 0 Å². The van der Waals surface area contributed by atoms with Crippen molar-refractivity contribution in [3.05, 3.63) is 65.9 Å². The zero-order valence-corrected chi connectivity index (χ0v) is 18.5. The molecule has 1 aliphatic rings. The Morgan fingerprint density at radius 1 is 1.00 bits per heavy atom.